The number of hydrogen-bond acceptors (Lipinski definition) is 4. The largest absolute Gasteiger partial charge is 0.466 e. The van der Waals surface area contributed by atoms with E-state index in [1.807, 2.05) is 25.1 Å². The monoisotopic (exact) mass is 338 g/mol. The first-order chi connectivity index (χ1) is 11.8. The first kappa shape index (κ1) is 15.1. The fourth-order valence-corrected chi connectivity index (χ4v) is 4.07. The zero-order valence-electron chi connectivity index (χ0n) is 13.5. The number of carbonyl (C=O) groups excluding carboxylic acids is 1. The molecule has 4 nitrogen and oxygen atoms in total. The molecule has 24 heavy (non-hydrogen) atoms. The minimum absolute atomic E-state index is 0.170. The number of fused-ring (bicyclic) bond motifs is 3. The number of para-hydroxylation sites is 1. The van der Waals surface area contributed by atoms with Gasteiger partial charge in [0.15, 0.2) is 0 Å². The fraction of sp³-hybridized carbons (Fsp3) is 0.263. The second-order valence-corrected chi connectivity index (χ2v) is 6.64. The maximum absolute atomic E-state index is 12.1. The highest BCUT2D eigenvalue weighted by Crippen LogP contribution is 2.31. The van der Waals surface area contributed by atoms with Crippen LogP contribution in [-0.4, -0.2) is 29.5 Å². The highest BCUT2D eigenvalue weighted by atomic mass is 32.1. The molecule has 0 aliphatic carbocycles. The summed E-state index contributed by atoms with van der Waals surface area (Å²) in [5.74, 6) is 0.814. The van der Waals surface area contributed by atoms with Crippen molar-refractivity contribution in [2.45, 2.75) is 19.8 Å². The number of aliphatic imine (C=N–C) groups is 1. The van der Waals surface area contributed by atoms with E-state index in [0.29, 0.717) is 13.0 Å². The van der Waals surface area contributed by atoms with Gasteiger partial charge in [0.05, 0.1) is 23.4 Å². The fourth-order valence-electron chi connectivity index (χ4n) is 3.35. The van der Waals surface area contributed by atoms with Gasteiger partial charge in [-0.2, -0.15) is 0 Å². The molecule has 0 radical (unpaired) electrons. The molecule has 2 aromatic heterocycles. The highest BCUT2D eigenvalue weighted by Gasteiger charge is 2.25. The number of hydrogen-bond donors (Lipinski definition) is 0. The van der Waals surface area contributed by atoms with Crippen molar-refractivity contribution < 1.29 is 9.53 Å². The van der Waals surface area contributed by atoms with Crippen molar-refractivity contribution >= 4 is 34.0 Å². The number of ether oxygens (including phenoxy) is 1. The molecule has 0 fully saturated rings. The predicted molar refractivity (Wildman–Crippen MR) is 97.1 cm³/mol. The maximum Gasteiger partial charge on any atom is 0.310 e. The molecule has 0 N–H and O–H groups in total. The summed E-state index contributed by atoms with van der Waals surface area (Å²) in [6.07, 6.45) is 1.16. The van der Waals surface area contributed by atoms with Gasteiger partial charge in [-0.1, -0.05) is 24.3 Å². The first-order valence-corrected chi connectivity index (χ1v) is 9.03. The lowest BCUT2D eigenvalue weighted by Gasteiger charge is -2.18. The summed E-state index contributed by atoms with van der Waals surface area (Å²) in [5.41, 5.74) is 3.37. The predicted octanol–water partition coefficient (Wildman–Crippen LogP) is 3.66. The third-order valence-corrected chi connectivity index (χ3v) is 5.14. The molecule has 0 bridgehead atoms. The standard InChI is InChI=1S/C19H18N2O2S/c1-2-23-18(22)12-14-13-6-3-4-7-15(13)21-16(14)9-10-20-19(21)17-8-5-11-24-17/h3-8,11H,2,9-10,12H2,1H3. The van der Waals surface area contributed by atoms with Gasteiger partial charge < -0.3 is 4.74 Å². The van der Waals surface area contributed by atoms with E-state index < -0.39 is 0 Å². The zero-order chi connectivity index (χ0) is 16.5. The van der Waals surface area contributed by atoms with E-state index in [1.165, 1.54) is 5.69 Å². The topological polar surface area (TPSA) is 43.6 Å². The van der Waals surface area contributed by atoms with E-state index in [0.717, 1.165) is 40.1 Å². The minimum atomic E-state index is -0.170. The summed E-state index contributed by atoms with van der Waals surface area (Å²) in [6.45, 7) is 3.00. The molecule has 3 aromatic rings. The van der Waals surface area contributed by atoms with Gasteiger partial charge >= 0.3 is 5.97 Å². The minimum Gasteiger partial charge on any atom is -0.466 e. The second-order valence-electron chi connectivity index (χ2n) is 5.69. The van der Waals surface area contributed by atoms with Gasteiger partial charge in [-0.15, -0.1) is 11.3 Å². The molecule has 3 heterocycles. The number of aromatic nitrogens is 1. The average molecular weight is 338 g/mol. The van der Waals surface area contributed by atoms with Gasteiger partial charge in [0.1, 0.15) is 5.84 Å². The molecule has 0 saturated carbocycles. The number of carbonyl (C=O) groups is 1. The molecule has 1 aromatic carbocycles. The van der Waals surface area contributed by atoms with Gasteiger partial charge in [-0.05, 0) is 30.0 Å². The molecule has 4 rings (SSSR count). The Hall–Kier alpha value is -2.40. The van der Waals surface area contributed by atoms with Crippen LogP contribution in [0.25, 0.3) is 10.9 Å². The van der Waals surface area contributed by atoms with E-state index in [1.54, 1.807) is 11.3 Å². The van der Waals surface area contributed by atoms with Crippen molar-refractivity contribution in [1.29, 1.82) is 0 Å². The van der Waals surface area contributed by atoms with Crippen molar-refractivity contribution in [3.05, 3.63) is 57.9 Å². The molecule has 0 saturated heterocycles. The Morgan fingerprint density at radius 2 is 2.17 bits per heavy atom. The maximum atomic E-state index is 12.1. The highest BCUT2D eigenvalue weighted by molar-refractivity contribution is 7.12. The Bertz CT molecular complexity index is 922. The van der Waals surface area contributed by atoms with Crippen molar-refractivity contribution in [3.8, 4) is 0 Å². The Morgan fingerprint density at radius 1 is 1.29 bits per heavy atom. The van der Waals surface area contributed by atoms with Crippen LogP contribution in [0.15, 0.2) is 46.8 Å². The molecule has 1 aliphatic rings. The lowest BCUT2D eigenvalue weighted by molar-refractivity contribution is -0.142. The molecule has 1 aliphatic heterocycles. The summed E-state index contributed by atoms with van der Waals surface area (Å²) >= 11 is 1.69. The first-order valence-electron chi connectivity index (χ1n) is 8.15. The van der Waals surface area contributed by atoms with Crippen molar-refractivity contribution in [2.24, 2.45) is 4.99 Å². The van der Waals surface area contributed by atoms with Crippen LogP contribution in [-0.2, 0) is 22.4 Å². The Labute approximate surface area is 144 Å². The van der Waals surface area contributed by atoms with Crippen LogP contribution >= 0.6 is 11.3 Å². The molecular weight excluding hydrogens is 320 g/mol. The zero-order valence-corrected chi connectivity index (χ0v) is 14.3. The van der Waals surface area contributed by atoms with Gasteiger partial charge in [0.25, 0.3) is 0 Å². The van der Waals surface area contributed by atoms with Crippen LogP contribution in [0.5, 0.6) is 0 Å². The number of thiophene rings is 1. The van der Waals surface area contributed by atoms with E-state index in [-0.39, 0.29) is 5.97 Å². The SMILES string of the molecule is CCOC(=O)Cc1c2n(c3ccccc13)C(c1cccs1)=NCC2. The average Bonchev–Trinajstić information content (AvgIpc) is 3.23. The molecule has 0 spiro atoms. The molecule has 0 amide bonds. The number of nitrogens with zero attached hydrogens (tertiary/aromatic N) is 2. The van der Waals surface area contributed by atoms with Gasteiger partial charge in [0, 0.05) is 24.0 Å². The van der Waals surface area contributed by atoms with Crippen LogP contribution in [0, 0.1) is 0 Å². The summed E-state index contributed by atoms with van der Waals surface area (Å²) in [6, 6.07) is 12.4. The van der Waals surface area contributed by atoms with E-state index in [4.69, 9.17) is 9.73 Å². The molecule has 5 heteroatoms. The van der Waals surface area contributed by atoms with Gasteiger partial charge in [0.2, 0.25) is 0 Å². The van der Waals surface area contributed by atoms with Gasteiger partial charge in [-0.25, -0.2) is 0 Å². The van der Waals surface area contributed by atoms with E-state index in [9.17, 15) is 4.79 Å². The van der Waals surface area contributed by atoms with Crippen LogP contribution < -0.4 is 0 Å². The molecular formula is C19H18N2O2S. The second kappa shape index (κ2) is 6.24. The molecule has 0 atom stereocenters. The van der Waals surface area contributed by atoms with Crippen LogP contribution in [0.1, 0.15) is 23.1 Å². The Balaban J connectivity index is 1.90. The lowest BCUT2D eigenvalue weighted by atomic mass is 10.1. The van der Waals surface area contributed by atoms with E-state index in [2.05, 4.69) is 28.1 Å². The quantitative estimate of drug-likeness (QED) is 0.682. The van der Waals surface area contributed by atoms with Crippen LogP contribution in [0.3, 0.4) is 0 Å². The summed E-state index contributed by atoms with van der Waals surface area (Å²) in [5, 5.41) is 3.18. The van der Waals surface area contributed by atoms with E-state index >= 15 is 0 Å². The molecule has 122 valence electrons. The van der Waals surface area contributed by atoms with Crippen LogP contribution in [0.2, 0.25) is 0 Å². The number of esters is 1. The Morgan fingerprint density at radius 3 is 2.96 bits per heavy atom. The lowest BCUT2D eigenvalue weighted by Crippen LogP contribution is -2.22. The number of rotatable bonds is 4. The summed E-state index contributed by atoms with van der Waals surface area (Å²) < 4.78 is 7.40. The third kappa shape index (κ3) is 2.45. The van der Waals surface area contributed by atoms with Crippen LogP contribution in [0.4, 0.5) is 0 Å². The number of benzene rings is 1. The summed E-state index contributed by atoms with van der Waals surface area (Å²) in [4.78, 5) is 18.0. The van der Waals surface area contributed by atoms with Gasteiger partial charge in [-0.3, -0.25) is 14.4 Å². The molecule has 0 unspecified atom stereocenters. The normalized spacial score (nSPS) is 13.6. The summed E-state index contributed by atoms with van der Waals surface area (Å²) in [7, 11) is 0. The van der Waals surface area contributed by atoms with Crippen molar-refractivity contribution in [2.75, 3.05) is 13.2 Å². The van der Waals surface area contributed by atoms with Crippen molar-refractivity contribution in [1.82, 2.24) is 4.57 Å². The smallest absolute Gasteiger partial charge is 0.310 e. The van der Waals surface area contributed by atoms with Crippen molar-refractivity contribution in [3.63, 3.8) is 0 Å². The Kier molecular flexibility index (Phi) is 3.94. The third-order valence-electron chi connectivity index (χ3n) is 4.28.